The summed E-state index contributed by atoms with van der Waals surface area (Å²) >= 11 is 6.56. The van der Waals surface area contributed by atoms with E-state index in [9.17, 15) is 23.5 Å². The third-order valence-corrected chi connectivity index (χ3v) is 7.40. The average Bonchev–Trinajstić information content (AvgIpc) is 3.62. The number of aliphatic hydroxyl groups is 1. The van der Waals surface area contributed by atoms with E-state index in [1.165, 1.54) is 12.4 Å². The molecule has 9 nitrogen and oxygen atoms in total. The number of halogens is 3. The van der Waals surface area contributed by atoms with Crippen molar-refractivity contribution in [2.24, 2.45) is 7.05 Å². The van der Waals surface area contributed by atoms with Gasteiger partial charge in [0.25, 0.3) is 11.8 Å². The molecule has 0 unspecified atom stereocenters. The number of nitrogens with one attached hydrogen (secondary N) is 2. The first-order valence-corrected chi connectivity index (χ1v) is 14.0. The molecule has 1 saturated carbocycles. The summed E-state index contributed by atoms with van der Waals surface area (Å²) in [5.74, 6) is 3.31. The highest BCUT2D eigenvalue weighted by molar-refractivity contribution is 6.34. The predicted molar refractivity (Wildman–Crippen MR) is 166 cm³/mol. The minimum Gasteiger partial charge on any atom is -0.383 e. The lowest BCUT2D eigenvalue weighted by atomic mass is 9.98. The average molecular weight is 619 g/mol. The molecule has 1 aliphatic carbocycles. The van der Waals surface area contributed by atoms with Crippen LogP contribution in [0.25, 0.3) is 33.3 Å². The number of pyridine rings is 2. The largest absolute Gasteiger partial charge is 0.383 e. The summed E-state index contributed by atoms with van der Waals surface area (Å²) in [5, 5.41) is 15.8. The molecule has 5 rings (SSSR count). The van der Waals surface area contributed by atoms with Gasteiger partial charge in [0.05, 0.1) is 33.7 Å². The summed E-state index contributed by atoms with van der Waals surface area (Å²) < 4.78 is 29.2. The number of benzene rings is 1. The second-order valence-electron chi connectivity index (χ2n) is 11.2. The topological polar surface area (TPSA) is 135 Å². The van der Waals surface area contributed by atoms with Gasteiger partial charge in [-0.1, -0.05) is 42.2 Å². The normalized spacial score (nSPS) is 13.6. The lowest BCUT2D eigenvalue weighted by Crippen LogP contribution is -2.31. The molecule has 0 spiro atoms. The third-order valence-electron chi connectivity index (χ3n) is 7.11. The van der Waals surface area contributed by atoms with Gasteiger partial charge in [-0.3, -0.25) is 9.59 Å². The summed E-state index contributed by atoms with van der Waals surface area (Å²) in [6.07, 6.45) is 3.78. The monoisotopic (exact) mass is 618 g/mol. The van der Waals surface area contributed by atoms with E-state index in [-0.39, 0.29) is 23.1 Å². The quantitative estimate of drug-likeness (QED) is 0.164. The number of nitrogen functional groups attached to an aromatic ring is 1. The van der Waals surface area contributed by atoms with E-state index in [2.05, 4.69) is 39.0 Å². The molecule has 44 heavy (non-hydrogen) atoms. The van der Waals surface area contributed by atoms with Gasteiger partial charge in [-0.05, 0) is 50.5 Å². The van der Waals surface area contributed by atoms with E-state index in [0.29, 0.717) is 57.4 Å². The van der Waals surface area contributed by atoms with Crippen molar-refractivity contribution < 1.29 is 23.5 Å². The summed E-state index contributed by atoms with van der Waals surface area (Å²) in [7, 11) is 1.81. The minimum absolute atomic E-state index is 0.0423. The molecule has 2 amide bonds. The van der Waals surface area contributed by atoms with Gasteiger partial charge in [-0.2, -0.15) is 0 Å². The minimum atomic E-state index is -1.38. The first-order chi connectivity index (χ1) is 20.7. The summed E-state index contributed by atoms with van der Waals surface area (Å²) in [6, 6.07) is 8.22. The van der Waals surface area contributed by atoms with E-state index in [1.807, 2.05) is 4.57 Å². The molecule has 1 fully saturated rings. The molecule has 0 bridgehead atoms. The Bertz CT molecular complexity index is 1900. The number of hydrogen-bond acceptors (Lipinski definition) is 6. The zero-order valence-corrected chi connectivity index (χ0v) is 24.9. The molecule has 0 radical (unpaired) electrons. The van der Waals surface area contributed by atoms with Crippen LogP contribution < -0.4 is 16.4 Å². The Morgan fingerprint density at radius 3 is 2.48 bits per heavy atom. The number of nitrogens with two attached hydrogens (primary N) is 1. The molecule has 0 saturated heterocycles. The van der Waals surface area contributed by atoms with Crippen molar-refractivity contribution >= 4 is 45.8 Å². The van der Waals surface area contributed by atoms with E-state index >= 15 is 0 Å². The van der Waals surface area contributed by atoms with Gasteiger partial charge in [0, 0.05) is 36.3 Å². The Kier molecular flexibility index (Phi) is 7.92. The van der Waals surface area contributed by atoms with Gasteiger partial charge in [0.2, 0.25) is 0 Å². The van der Waals surface area contributed by atoms with Gasteiger partial charge in [0.1, 0.15) is 22.8 Å². The smallest absolute Gasteiger partial charge is 0.283 e. The number of amides is 2. The number of aromatic nitrogens is 3. The first-order valence-electron chi connectivity index (χ1n) is 13.6. The van der Waals surface area contributed by atoms with Crippen LogP contribution in [0, 0.1) is 11.8 Å². The van der Waals surface area contributed by atoms with Crippen LogP contribution in [-0.4, -0.2) is 49.3 Å². The number of carbonyl (C=O) groups excluding carboxylic acids is 2. The first kappa shape index (κ1) is 30.7. The molecular weight excluding hydrogens is 590 g/mol. The van der Waals surface area contributed by atoms with Crippen LogP contribution >= 0.6 is 11.6 Å². The van der Waals surface area contributed by atoms with E-state index in [0.717, 1.165) is 0 Å². The van der Waals surface area contributed by atoms with Gasteiger partial charge >= 0.3 is 0 Å². The van der Waals surface area contributed by atoms with Crippen molar-refractivity contribution in [3.05, 3.63) is 71.4 Å². The zero-order valence-electron chi connectivity index (χ0n) is 24.2. The standard InChI is InChI=1S/C32H29ClF2N6O3/c1-17(34)29(42)40-21-7-5-18(6-8-21)26-23(20-13-22(33)25(37-15-20)30(43)39-16-32(35)11-12-32)24-27(41(26)4)19(14-38-28(24)36)9-10-31(2,3)44/h5-8,13-15,44H,1,11-12,16H2,2-4H3,(H2,36,38)(H,39,43)(H,40,42). The Morgan fingerprint density at radius 2 is 1.89 bits per heavy atom. The second kappa shape index (κ2) is 11.4. The van der Waals surface area contributed by atoms with Crippen LogP contribution in [0.5, 0.6) is 0 Å². The maximum atomic E-state index is 14.1. The fraction of sp³-hybridized carbons (Fsp3) is 0.250. The summed E-state index contributed by atoms with van der Waals surface area (Å²) in [4.78, 5) is 33.2. The number of nitrogens with zero attached hydrogens (tertiary/aromatic N) is 3. The lowest BCUT2D eigenvalue weighted by Gasteiger charge is -2.12. The molecule has 0 aliphatic heterocycles. The summed E-state index contributed by atoms with van der Waals surface area (Å²) in [5.41, 5.74) is 7.58. The maximum Gasteiger partial charge on any atom is 0.283 e. The molecule has 0 atom stereocenters. The molecule has 4 aromatic rings. The van der Waals surface area contributed by atoms with Crippen LogP contribution in [0.1, 0.15) is 42.7 Å². The second-order valence-corrected chi connectivity index (χ2v) is 11.6. The van der Waals surface area contributed by atoms with Crippen LogP contribution in [0.4, 0.5) is 20.3 Å². The van der Waals surface area contributed by atoms with Gasteiger partial charge in [-0.25, -0.2) is 18.7 Å². The Balaban J connectivity index is 1.68. The number of fused-ring (bicyclic) bond motifs is 1. The summed E-state index contributed by atoms with van der Waals surface area (Å²) in [6.45, 7) is 6.01. The van der Waals surface area contributed by atoms with Crippen LogP contribution in [0.2, 0.25) is 5.02 Å². The number of rotatable bonds is 7. The van der Waals surface area contributed by atoms with E-state index < -0.39 is 28.9 Å². The van der Waals surface area contributed by atoms with Crippen molar-refractivity contribution in [3.8, 4) is 34.2 Å². The number of aryl methyl sites for hydroxylation is 1. The van der Waals surface area contributed by atoms with Crippen LogP contribution in [0.15, 0.2) is 55.1 Å². The molecule has 3 aromatic heterocycles. The van der Waals surface area contributed by atoms with E-state index in [1.54, 1.807) is 51.2 Å². The fourth-order valence-corrected chi connectivity index (χ4v) is 4.98. The molecule has 12 heteroatoms. The molecule has 226 valence electrons. The zero-order chi connectivity index (χ0) is 32.0. The third kappa shape index (κ3) is 6.27. The number of hydrogen-bond donors (Lipinski definition) is 4. The molecule has 1 aromatic carbocycles. The predicted octanol–water partition coefficient (Wildman–Crippen LogP) is 5.31. The highest BCUT2D eigenvalue weighted by Gasteiger charge is 2.43. The molecule has 1 aliphatic rings. The lowest BCUT2D eigenvalue weighted by molar-refractivity contribution is -0.114. The van der Waals surface area contributed by atoms with E-state index in [4.69, 9.17) is 17.3 Å². The highest BCUT2D eigenvalue weighted by Crippen LogP contribution is 2.44. The number of anilines is 2. The van der Waals surface area contributed by atoms with Crippen molar-refractivity contribution in [3.63, 3.8) is 0 Å². The van der Waals surface area contributed by atoms with Crippen molar-refractivity contribution in [1.82, 2.24) is 19.9 Å². The van der Waals surface area contributed by atoms with Crippen molar-refractivity contribution in [1.29, 1.82) is 0 Å². The van der Waals surface area contributed by atoms with Gasteiger partial charge in [0.15, 0.2) is 5.83 Å². The SMILES string of the molecule is C=C(F)C(=O)Nc1ccc(-c2c(-c3cnc(C(=O)NCC4(F)CC4)c(Cl)c3)c3c(N)ncc(C#CC(C)(C)O)c3n2C)cc1. The highest BCUT2D eigenvalue weighted by atomic mass is 35.5. The number of carbonyl (C=O) groups is 2. The maximum absolute atomic E-state index is 14.1. The number of alkyl halides is 1. The molecule has 5 N–H and O–H groups in total. The Labute approximate surface area is 257 Å². The van der Waals surface area contributed by atoms with Gasteiger partial charge < -0.3 is 26.0 Å². The molecule has 3 heterocycles. The van der Waals surface area contributed by atoms with Crippen LogP contribution in [-0.2, 0) is 11.8 Å². The Hall–Kier alpha value is -4.79. The molecular formula is C32H29ClF2N6O3. The Morgan fingerprint density at radius 1 is 1.20 bits per heavy atom. The van der Waals surface area contributed by atoms with Crippen molar-refractivity contribution in [2.75, 3.05) is 17.6 Å². The van der Waals surface area contributed by atoms with Crippen LogP contribution in [0.3, 0.4) is 0 Å². The van der Waals surface area contributed by atoms with Gasteiger partial charge in [-0.15, -0.1) is 0 Å². The fourth-order valence-electron chi connectivity index (χ4n) is 4.73. The van der Waals surface area contributed by atoms with Crippen molar-refractivity contribution in [2.45, 2.75) is 38.0 Å².